The summed E-state index contributed by atoms with van der Waals surface area (Å²) in [6.45, 7) is 0.0614. The predicted octanol–water partition coefficient (Wildman–Crippen LogP) is -0.0449. The first kappa shape index (κ1) is 16.6. The fourth-order valence-corrected chi connectivity index (χ4v) is 2.65. The van der Waals surface area contributed by atoms with Crippen LogP contribution >= 0.6 is 0 Å². The van der Waals surface area contributed by atoms with E-state index in [0.717, 1.165) is 12.8 Å². The fraction of sp³-hybridized carbons (Fsp3) is 0.312. The highest BCUT2D eigenvalue weighted by Crippen LogP contribution is 2.16. The predicted molar refractivity (Wildman–Crippen MR) is 87.2 cm³/mol. The van der Waals surface area contributed by atoms with Crippen LogP contribution in [0.1, 0.15) is 22.6 Å². The number of carbonyl (C=O) groups excluding carboxylic acids is 3. The maximum absolute atomic E-state index is 12.4. The van der Waals surface area contributed by atoms with Crippen molar-refractivity contribution in [2.24, 2.45) is 0 Å². The molecule has 3 rings (SSSR count). The lowest BCUT2D eigenvalue weighted by atomic mass is 10.1. The van der Waals surface area contributed by atoms with E-state index in [2.05, 4.69) is 10.3 Å². The Kier molecular flexibility index (Phi) is 4.46. The molecule has 1 aliphatic rings. The summed E-state index contributed by atoms with van der Waals surface area (Å²) in [6.07, 6.45) is 1.59. The number of benzene rings is 1. The fourth-order valence-electron chi connectivity index (χ4n) is 2.65. The number of imide groups is 1. The average Bonchev–Trinajstić information content (AvgIpc) is 3.08. The Morgan fingerprint density at radius 1 is 1.32 bits per heavy atom. The van der Waals surface area contributed by atoms with Gasteiger partial charge in [0, 0.05) is 20.0 Å². The summed E-state index contributed by atoms with van der Waals surface area (Å²) in [6, 6.07) is 3.75. The lowest BCUT2D eigenvalue weighted by Gasteiger charge is -2.07. The molecule has 0 fully saturated rings. The molecule has 0 atom stereocenters. The molecule has 0 saturated carbocycles. The molecule has 1 aromatic heterocycles. The SMILES string of the molecule is CNC(=O)NC(=O)COC(=O)c1ccc2c(=O)n3c(nc2c1)CCC3. The first-order valence-corrected chi connectivity index (χ1v) is 7.72. The zero-order valence-electron chi connectivity index (χ0n) is 13.5. The van der Waals surface area contributed by atoms with E-state index in [-0.39, 0.29) is 11.1 Å². The number of rotatable bonds is 3. The van der Waals surface area contributed by atoms with Gasteiger partial charge in [0.15, 0.2) is 6.61 Å². The molecule has 1 aliphatic heterocycles. The highest BCUT2D eigenvalue weighted by atomic mass is 16.5. The van der Waals surface area contributed by atoms with Gasteiger partial charge in [-0.05, 0) is 24.6 Å². The maximum Gasteiger partial charge on any atom is 0.338 e. The molecule has 0 saturated heterocycles. The van der Waals surface area contributed by atoms with Crippen LogP contribution < -0.4 is 16.2 Å². The minimum absolute atomic E-state index is 0.123. The van der Waals surface area contributed by atoms with E-state index in [1.54, 1.807) is 4.57 Å². The number of amides is 3. The summed E-state index contributed by atoms with van der Waals surface area (Å²) in [5, 5.41) is 4.62. The van der Waals surface area contributed by atoms with Gasteiger partial charge in [0.25, 0.3) is 11.5 Å². The zero-order valence-corrected chi connectivity index (χ0v) is 13.5. The molecular formula is C16H16N4O5. The largest absolute Gasteiger partial charge is 0.452 e. The third-order valence-corrected chi connectivity index (χ3v) is 3.87. The lowest BCUT2D eigenvalue weighted by molar-refractivity contribution is -0.123. The van der Waals surface area contributed by atoms with Gasteiger partial charge in [-0.15, -0.1) is 0 Å². The summed E-state index contributed by atoms with van der Waals surface area (Å²) >= 11 is 0. The summed E-state index contributed by atoms with van der Waals surface area (Å²) in [5.74, 6) is -0.785. The van der Waals surface area contributed by atoms with E-state index in [9.17, 15) is 19.2 Å². The molecule has 0 aliphatic carbocycles. The molecule has 9 heteroatoms. The maximum atomic E-state index is 12.4. The molecule has 0 radical (unpaired) electrons. The third kappa shape index (κ3) is 3.35. The number of nitrogens with one attached hydrogen (secondary N) is 2. The first-order valence-electron chi connectivity index (χ1n) is 7.72. The molecule has 0 spiro atoms. The molecular weight excluding hydrogens is 328 g/mol. The van der Waals surface area contributed by atoms with Crippen LogP contribution in [0.3, 0.4) is 0 Å². The van der Waals surface area contributed by atoms with Crippen LogP contribution in [0.15, 0.2) is 23.0 Å². The molecule has 9 nitrogen and oxygen atoms in total. The molecule has 0 bridgehead atoms. The van der Waals surface area contributed by atoms with Crippen LogP contribution in [0.2, 0.25) is 0 Å². The molecule has 130 valence electrons. The average molecular weight is 344 g/mol. The van der Waals surface area contributed by atoms with E-state index >= 15 is 0 Å². The molecule has 1 aromatic carbocycles. The van der Waals surface area contributed by atoms with Gasteiger partial charge >= 0.3 is 12.0 Å². The van der Waals surface area contributed by atoms with E-state index in [1.807, 2.05) is 5.32 Å². The number of hydrogen-bond acceptors (Lipinski definition) is 6. The van der Waals surface area contributed by atoms with Gasteiger partial charge in [0.1, 0.15) is 5.82 Å². The highest BCUT2D eigenvalue weighted by molar-refractivity contribution is 5.98. The monoisotopic (exact) mass is 344 g/mol. The summed E-state index contributed by atoms with van der Waals surface area (Å²) in [4.78, 5) is 51.3. The standard InChI is InChI=1S/C16H16N4O5/c1-17-16(24)19-13(21)8-25-15(23)9-4-5-10-11(7-9)18-12-3-2-6-20(12)14(10)22/h4-5,7H,2-3,6,8H2,1H3,(H2,17,19,21,24). The second-order valence-electron chi connectivity index (χ2n) is 5.52. The van der Waals surface area contributed by atoms with Gasteiger partial charge in [0.05, 0.1) is 16.5 Å². The number of urea groups is 1. The topological polar surface area (TPSA) is 119 Å². The number of hydrogen-bond donors (Lipinski definition) is 2. The van der Waals surface area contributed by atoms with Gasteiger partial charge in [-0.2, -0.15) is 0 Å². The van der Waals surface area contributed by atoms with E-state index in [1.165, 1.54) is 25.2 Å². The van der Waals surface area contributed by atoms with Gasteiger partial charge in [-0.3, -0.25) is 19.5 Å². The Morgan fingerprint density at radius 3 is 2.88 bits per heavy atom. The van der Waals surface area contributed by atoms with Crippen molar-refractivity contribution in [1.82, 2.24) is 20.2 Å². The molecule has 2 aromatic rings. The normalized spacial score (nSPS) is 12.5. The molecule has 2 N–H and O–H groups in total. The van der Waals surface area contributed by atoms with Crippen molar-refractivity contribution in [3.63, 3.8) is 0 Å². The summed E-state index contributed by atoms with van der Waals surface area (Å²) < 4.78 is 6.51. The number of esters is 1. The number of carbonyl (C=O) groups is 3. The van der Waals surface area contributed by atoms with Crippen molar-refractivity contribution in [2.75, 3.05) is 13.7 Å². The number of nitrogens with zero attached hydrogens (tertiary/aromatic N) is 2. The van der Waals surface area contributed by atoms with Crippen molar-refractivity contribution in [3.8, 4) is 0 Å². The van der Waals surface area contributed by atoms with Crippen LogP contribution in [0.5, 0.6) is 0 Å². The highest BCUT2D eigenvalue weighted by Gasteiger charge is 2.18. The number of aromatic nitrogens is 2. The lowest BCUT2D eigenvalue weighted by Crippen LogP contribution is -2.39. The minimum atomic E-state index is -0.748. The minimum Gasteiger partial charge on any atom is -0.452 e. The van der Waals surface area contributed by atoms with Crippen molar-refractivity contribution in [2.45, 2.75) is 19.4 Å². The van der Waals surface area contributed by atoms with Crippen LogP contribution in [0.25, 0.3) is 10.9 Å². The number of ether oxygens (including phenoxy) is 1. The quantitative estimate of drug-likeness (QED) is 0.754. The van der Waals surface area contributed by atoms with E-state index in [4.69, 9.17) is 4.74 Å². The second-order valence-corrected chi connectivity index (χ2v) is 5.52. The van der Waals surface area contributed by atoms with Gasteiger partial charge < -0.3 is 10.1 Å². The Hall–Kier alpha value is -3.23. The van der Waals surface area contributed by atoms with Crippen molar-refractivity contribution in [3.05, 3.63) is 39.9 Å². The number of fused-ring (bicyclic) bond motifs is 2. The Labute approximate surface area is 142 Å². The van der Waals surface area contributed by atoms with E-state index in [0.29, 0.717) is 23.3 Å². The first-order chi connectivity index (χ1) is 12.0. The third-order valence-electron chi connectivity index (χ3n) is 3.87. The van der Waals surface area contributed by atoms with Crippen LogP contribution in [-0.2, 0) is 22.5 Å². The van der Waals surface area contributed by atoms with Gasteiger partial charge in [0.2, 0.25) is 0 Å². The Balaban J connectivity index is 1.76. The van der Waals surface area contributed by atoms with Crippen LogP contribution in [0, 0.1) is 0 Å². The number of aryl methyl sites for hydroxylation is 1. The van der Waals surface area contributed by atoms with Crippen molar-refractivity contribution in [1.29, 1.82) is 0 Å². The Morgan fingerprint density at radius 2 is 2.12 bits per heavy atom. The van der Waals surface area contributed by atoms with Gasteiger partial charge in [-0.25, -0.2) is 14.6 Å². The Bertz CT molecular complexity index is 934. The smallest absolute Gasteiger partial charge is 0.338 e. The van der Waals surface area contributed by atoms with Gasteiger partial charge in [-0.1, -0.05) is 0 Å². The molecule has 25 heavy (non-hydrogen) atoms. The van der Waals surface area contributed by atoms with Crippen LogP contribution in [-0.4, -0.2) is 41.1 Å². The summed E-state index contributed by atoms with van der Waals surface area (Å²) in [5.41, 5.74) is 0.472. The zero-order chi connectivity index (χ0) is 18.0. The van der Waals surface area contributed by atoms with Crippen molar-refractivity contribution >= 4 is 28.8 Å². The van der Waals surface area contributed by atoms with Crippen LogP contribution in [0.4, 0.5) is 4.79 Å². The second kappa shape index (κ2) is 6.71. The molecule has 2 heterocycles. The molecule has 0 unspecified atom stereocenters. The van der Waals surface area contributed by atoms with Crippen molar-refractivity contribution < 1.29 is 19.1 Å². The molecule has 3 amide bonds. The van der Waals surface area contributed by atoms with E-state index < -0.39 is 24.5 Å². The summed E-state index contributed by atoms with van der Waals surface area (Å²) in [7, 11) is 1.36.